The lowest BCUT2D eigenvalue weighted by Crippen LogP contribution is -2.09. The summed E-state index contributed by atoms with van der Waals surface area (Å²) in [6.07, 6.45) is 1.83. The molecule has 1 aromatic carbocycles. The lowest BCUT2D eigenvalue weighted by Gasteiger charge is -2.07. The van der Waals surface area contributed by atoms with E-state index in [1.165, 1.54) is 10.9 Å². The average Bonchev–Trinajstić information content (AvgIpc) is 2.47. The minimum atomic E-state index is 0.906. The monoisotopic (exact) mass is 253 g/mol. The van der Waals surface area contributed by atoms with Gasteiger partial charge in [0.2, 0.25) is 0 Å². The average molecular weight is 254 g/mol. The van der Waals surface area contributed by atoms with Crippen LogP contribution in [-0.4, -0.2) is 19.0 Å². The van der Waals surface area contributed by atoms with Crippen LogP contribution in [0.3, 0.4) is 0 Å². The van der Waals surface area contributed by atoms with Crippen LogP contribution in [0.25, 0.3) is 11.0 Å². The maximum Gasteiger partial charge on any atom is 0.134 e. The summed E-state index contributed by atoms with van der Waals surface area (Å²) in [5.41, 5.74) is 2.18. The highest BCUT2D eigenvalue weighted by Crippen LogP contribution is 2.25. The first-order valence-electron chi connectivity index (χ1n) is 4.47. The Morgan fingerprint density at radius 1 is 1.36 bits per heavy atom. The second-order valence-electron chi connectivity index (χ2n) is 3.64. The van der Waals surface area contributed by atoms with Crippen molar-refractivity contribution in [1.82, 2.24) is 4.90 Å². The van der Waals surface area contributed by atoms with E-state index < -0.39 is 0 Å². The summed E-state index contributed by atoms with van der Waals surface area (Å²) in [6, 6.07) is 6.07. The smallest absolute Gasteiger partial charge is 0.134 e. The van der Waals surface area contributed by atoms with Gasteiger partial charge in [-0.15, -0.1) is 0 Å². The Bertz CT molecular complexity index is 447. The molecule has 0 aliphatic heterocycles. The van der Waals surface area contributed by atoms with Crippen LogP contribution in [0.5, 0.6) is 0 Å². The van der Waals surface area contributed by atoms with Crippen molar-refractivity contribution in [3.05, 3.63) is 34.5 Å². The molecule has 0 bridgehead atoms. The maximum absolute atomic E-state index is 5.46. The lowest BCUT2D eigenvalue weighted by atomic mass is 10.2. The fraction of sp³-hybridized carbons (Fsp3) is 0.273. The Balaban J connectivity index is 2.50. The van der Waals surface area contributed by atoms with Crippen LogP contribution >= 0.6 is 15.9 Å². The van der Waals surface area contributed by atoms with E-state index in [4.69, 9.17) is 4.42 Å². The van der Waals surface area contributed by atoms with Crippen molar-refractivity contribution >= 4 is 26.9 Å². The summed E-state index contributed by atoms with van der Waals surface area (Å²) in [4.78, 5) is 2.13. The van der Waals surface area contributed by atoms with E-state index in [1.54, 1.807) is 0 Å². The van der Waals surface area contributed by atoms with Gasteiger partial charge in [0.15, 0.2) is 0 Å². The molecule has 0 spiro atoms. The molecule has 0 aliphatic carbocycles. The molecule has 0 aliphatic rings. The van der Waals surface area contributed by atoms with E-state index in [0.717, 1.165) is 16.6 Å². The predicted molar refractivity (Wildman–Crippen MR) is 61.3 cm³/mol. The third kappa shape index (κ3) is 1.83. The van der Waals surface area contributed by atoms with Crippen molar-refractivity contribution in [3.63, 3.8) is 0 Å². The van der Waals surface area contributed by atoms with Crippen molar-refractivity contribution in [2.24, 2.45) is 0 Å². The molecule has 0 saturated carbocycles. The molecule has 14 heavy (non-hydrogen) atoms. The quantitative estimate of drug-likeness (QED) is 0.817. The van der Waals surface area contributed by atoms with Gasteiger partial charge in [-0.05, 0) is 32.3 Å². The number of hydrogen-bond acceptors (Lipinski definition) is 2. The summed E-state index contributed by atoms with van der Waals surface area (Å²) in [5.74, 6) is 0. The van der Waals surface area contributed by atoms with E-state index in [2.05, 4.69) is 41.0 Å². The second-order valence-corrected chi connectivity index (χ2v) is 4.55. The van der Waals surface area contributed by atoms with Crippen LogP contribution < -0.4 is 0 Å². The zero-order valence-electron chi connectivity index (χ0n) is 8.25. The SMILES string of the molecule is CN(C)Cc1coc2ccc(Br)cc12. The topological polar surface area (TPSA) is 16.4 Å². The van der Waals surface area contributed by atoms with Gasteiger partial charge in [-0.1, -0.05) is 15.9 Å². The summed E-state index contributed by atoms with van der Waals surface area (Å²) in [5, 5.41) is 1.19. The third-order valence-electron chi connectivity index (χ3n) is 2.10. The Hall–Kier alpha value is -0.800. The van der Waals surface area contributed by atoms with Gasteiger partial charge >= 0.3 is 0 Å². The van der Waals surface area contributed by atoms with Gasteiger partial charge in [0.25, 0.3) is 0 Å². The molecule has 2 rings (SSSR count). The van der Waals surface area contributed by atoms with E-state index >= 15 is 0 Å². The molecule has 2 aromatic rings. The van der Waals surface area contributed by atoms with Crippen LogP contribution in [0.4, 0.5) is 0 Å². The molecule has 0 amide bonds. The number of hydrogen-bond donors (Lipinski definition) is 0. The maximum atomic E-state index is 5.46. The molecule has 2 nitrogen and oxygen atoms in total. The molecule has 0 saturated heterocycles. The van der Waals surface area contributed by atoms with Crippen molar-refractivity contribution in [2.45, 2.75) is 6.54 Å². The Kier molecular flexibility index (Phi) is 2.61. The van der Waals surface area contributed by atoms with Crippen LogP contribution in [-0.2, 0) is 6.54 Å². The first-order chi connectivity index (χ1) is 6.66. The first kappa shape index (κ1) is 9.74. The molecule has 0 N–H and O–H groups in total. The molecule has 0 fully saturated rings. The highest BCUT2D eigenvalue weighted by atomic mass is 79.9. The zero-order chi connectivity index (χ0) is 10.1. The summed E-state index contributed by atoms with van der Waals surface area (Å²) in [6.45, 7) is 0.906. The van der Waals surface area contributed by atoms with Crippen molar-refractivity contribution in [2.75, 3.05) is 14.1 Å². The number of furan rings is 1. The van der Waals surface area contributed by atoms with Crippen LogP contribution in [0, 0.1) is 0 Å². The van der Waals surface area contributed by atoms with Crippen molar-refractivity contribution in [3.8, 4) is 0 Å². The van der Waals surface area contributed by atoms with Crippen LogP contribution in [0.1, 0.15) is 5.56 Å². The second kappa shape index (κ2) is 3.75. The van der Waals surface area contributed by atoms with E-state index in [9.17, 15) is 0 Å². The molecule has 0 atom stereocenters. The van der Waals surface area contributed by atoms with Gasteiger partial charge in [0.1, 0.15) is 5.58 Å². The lowest BCUT2D eigenvalue weighted by molar-refractivity contribution is 0.401. The fourth-order valence-corrected chi connectivity index (χ4v) is 1.88. The minimum Gasteiger partial charge on any atom is -0.464 e. The number of halogens is 1. The van der Waals surface area contributed by atoms with Crippen LogP contribution in [0.2, 0.25) is 0 Å². The van der Waals surface area contributed by atoms with Crippen molar-refractivity contribution in [1.29, 1.82) is 0 Å². The van der Waals surface area contributed by atoms with Crippen LogP contribution in [0.15, 0.2) is 33.4 Å². The molecule has 0 radical (unpaired) electrons. The highest BCUT2D eigenvalue weighted by Gasteiger charge is 2.06. The molecular formula is C11H12BrNO. The number of benzene rings is 1. The number of rotatable bonds is 2. The van der Waals surface area contributed by atoms with E-state index in [-0.39, 0.29) is 0 Å². The Morgan fingerprint density at radius 2 is 2.14 bits per heavy atom. The molecule has 1 heterocycles. The molecule has 1 aromatic heterocycles. The fourth-order valence-electron chi connectivity index (χ4n) is 1.52. The molecule has 3 heteroatoms. The van der Waals surface area contributed by atoms with Gasteiger partial charge < -0.3 is 9.32 Å². The number of fused-ring (bicyclic) bond motifs is 1. The van der Waals surface area contributed by atoms with Gasteiger partial charge in [-0.2, -0.15) is 0 Å². The zero-order valence-corrected chi connectivity index (χ0v) is 9.84. The Morgan fingerprint density at radius 3 is 2.86 bits per heavy atom. The molecule has 74 valence electrons. The van der Waals surface area contributed by atoms with Crippen molar-refractivity contribution < 1.29 is 4.42 Å². The van der Waals surface area contributed by atoms with Gasteiger partial charge in [0, 0.05) is 22.0 Å². The number of nitrogens with zero attached hydrogens (tertiary/aromatic N) is 1. The largest absolute Gasteiger partial charge is 0.464 e. The molecular weight excluding hydrogens is 242 g/mol. The van der Waals surface area contributed by atoms with Gasteiger partial charge in [-0.25, -0.2) is 0 Å². The normalized spacial score (nSPS) is 11.4. The standard InChI is InChI=1S/C11H12BrNO/c1-13(2)6-8-7-14-11-4-3-9(12)5-10(8)11/h3-5,7H,6H2,1-2H3. The predicted octanol–water partition coefficient (Wildman–Crippen LogP) is 3.26. The minimum absolute atomic E-state index is 0.906. The van der Waals surface area contributed by atoms with E-state index in [1.807, 2.05) is 18.4 Å². The third-order valence-corrected chi connectivity index (χ3v) is 2.60. The summed E-state index contributed by atoms with van der Waals surface area (Å²) in [7, 11) is 4.10. The van der Waals surface area contributed by atoms with E-state index in [0.29, 0.717) is 0 Å². The summed E-state index contributed by atoms with van der Waals surface area (Å²) < 4.78 is 6.55. The first-order valence-corrected chi connectivity index (χ1v) is 5.26. The molecule has 0 unspecified atom stereocenters. The van der Waals surface area contributed by atoms with Gasteiger partial charge in [-0.3, -0.25) is 0 Å². The van der Waals surface area contributed by atoms with Gasteiger partial charge in [0.05, 0.1) is 6.26 Å². The summed E-state index contributed by atoms with van der Waals surface area (Å²) >= 11 is 3.46. The highest BCUT2D eigenvalue weighted by molar-refractivity contribution is 9.10. The Labute approximate surface area is 91.6 Å².